The molecule has 0 spiro atoms. The van der Waals surface area contributed by atoms with Crippen LogP contribution in [0.15, 0.2) is 18.2 Å². The van der Waals surface area contributed by atoms with Crippen molar-refractivity contribution in [2.45, 2.75) is 20.4 Å². The molecule has 0 fully saturated rings. The van der Waals surface area contributed by atoms with E-state index in [-0.39, 0.29) is 5.56 Å². The lowest BCUT2D eigenvalue weighted by Gasteiger charge is -1.96. The van der Waals surface area contributed by atoms with E-state index in [2.05, 4.69) is 5.10 Å². The van der Waals surface area contributed by atoms with Crippen molar-refractivity contribution in [1.82, 2.24) is 9.78 Å². The number of aromatic nitrogens is 2. The molecule has 0 unspecified atom stereocenters. The molecule has 0 atom stereocenters. The first kappa shape index (κ1) is 9.71. The molecule has 0 amide bonds. The number of rotatable bonds is 2. The SMILES string of the molecule is CCn1nc2cc(C(=O)O)ccc2c1C. The third-order valence-electron chi connectivity index (χ3n) is 2.55. The molecule has 15 heavy (non-hydrogen) atoms. The van der Waals surface area contributed by atoms with E-state index in [1.54, 1.807) is 12.1 Å². The van der Waals surface area contributed by atoms with Crippen LogP contribution in [0.4, 0.5) is 0 Å². The Hall–Kier alpha value is -1.84. The van der Waals surface area contributed by atoms with Crippen molar-refractivity contribution in [3.05, 3.63) is 29.5 Å². The molecule has 78 valence electrons. The highest BCUT2D eigenvalue weighted by atomic mass is 16.4. The van der Waals surface area contributed by atoms with Gasteiger partial charge in [0.05, 0.1) is 11.1 Å². The van der Waals surface area contributed by atoms with Crippen LogP contribution in [-0.4, -0.2) is 20.9 Å². The fraction of sp³-hybridized carbons (Fsp3) is 0.273. The zero-order valence-corrected chi connectivity index (χ0v) is 8.69. The summed E-state index contributed by atoms with van der Waals surface area (Å²) in [7, 11) is 0. The molecule has 1 N–H and O–H groups in total. The smallest absolute Gasteiger partial charge is 0.335 e. The number of fused-ring (bicyclic) bond motifs is 1. The van der Waals surface area contributed by atoms with Gasteiger partial charge >= 0.3 is 5.97 Å². The number of hydrogen-bond donors (Lipinski definition) is 1. The number of carboxylic acid groups (broad SMARTS) is 1. The van der Waals surface area contributed by atoms with Gasteiger partial charge in [-0.15, -0.1) is 0 Å². The van der Waals surface area contributed by atoms with Crippen molar-refractivity contribution in [2.24, 2.45) is 0 Å². The Morgan fingerprint density at radius 2 is 2.27 bits per heavy atom. The van der Waals surface area contributed by atoms with Crippen molar-refractivity contribution in [1.29, 1.82) is 0 Å². The summed E-state index contributed by atoms with van der Waals surface area (Å²) in [5, 5.41) is 14.2. The quantitative estimate of drug-likeness (QED) is 0.814. The highest BCUT2D eigenvalue weighted by Crippen LogP contribution is 2.19. The number of aryl methyl sites for hydroxylation is 2. The first-order valence-corrected chi connectivity index (χ1v) is 4.84. The molecule has 4 heteroatoms. The lowest BCUT2D eigenvalue weighted by Crippen LogP contribution is -1.97. The molecule has 0 bridgehead atoms. The molecule has 1 aromatic heterocycles. The summed E-state index contributed by atoms with van der Waals surface area (Å²) in [4.78, 5) is 10.8. The minimum absolute atomic E-state index is 0.281. The minimum Gasteiger partial charge on any atom is -0.478 e. The fourth-order valence-electron chi connectivity index (χ4n) is 1.71. The normalized spacial score (nSPS) is 10.8. The van der Waals surface area contributed by atoms with Crippen molar-refractivity contribution >= 4 is 16.9 Å². The zero-order valence-electron chi connectivity index (χ0n) is 8.69. The van der Waals surface area contributed by atoms with Gasteiger partial charge in [0.25, 0.3) is 0 Å². The molecule has 0 aliphatic rings. The molecule has 4 nitrogen and oxygen atoms in total. The van der Waals surface area contributed by atoms with Gasteiger partial charge in [-0.05, 0) is 26.0 Å². The van der Waals surface area contributed by atoms with Gasteiger partial charge in [-0.2, -0.15) is 5.10 Å². The van der Waals surface area contributed by atoms with Crippen LogP contribution in [-0.2, 0) is 6.54 Å². The van der Waals surface area contributed by atoms with Gasteiger partial charge < -0.3 is 5.11 Å². The van der Waals surface area contributed by atoms with Crippen LogP contribution in [0, 0.1) is 6.92 Å². The van der Waals surface area contributed by atoms with Crippen molar-refractivity contribution in [3.63, 3.8) is 0 Å². The van der Waals surface area contributed by atoms with E-state index in [9.17, 15) is 4.79 Å². The third kappa shape index (κ3) is 1.48. The van der Waals surface area contributed by atoms with E-state index < -0.39 is 5.97 Å². The summed E-state index contributed by atoms with van der Waals surface area (Å²) in [5.41, 5.74) is 2.10. The fourth-order valence-corrected chi connectivity index (χ4v) is 1.71. The van der Waals surface area contributed by atoms with Crippen LogP contribution in [0.5, 0.6) is 0 Å². The molecule has 0 saturated heterocycles. The first-order chi connectivity index (χ1) is 7.13. The predicted octanol–water partition coefficient (Wildman–Crippen LogP) is 2.06. The lowest BCUT2D eigenvalue weighted by molar-refractivity contribution is 0.0697. The molecular weight excluding hydrogens is 192 g/mol. The number of benzene rings is 1. The molecule has 0 radical (unpaired) electrons. The maximum absolute atomic E-state index is 10.8. The molecule has 1 heterocycles. The second-order valence-corrected chi connectivity index (χ2v) is 3.44. The Morgan fingerprint density at radius 1 is 1.53 bits per heavy atom. The van der Waals surface area contributed by atoms with Crippen LogP contribution in [0.1, 0.15) is 23.0 Å². The Morgan fingerprint density at radius 3 is 2.87 bits per heavy atom. The molecule has 0 aliphatic heterocycles. The largest absolute Gasteiger partial charge is 0.478 e. The van der Waals surface area contributed by atoms with Crippen LogP contribution in [0.25, 0.3) is 10.9 Å². The maximum Gasteiger partial charge on any atom is 0.335 e. The van der Waals surface area contributed by atoms with Crippen molar-refractivity contribution in [2.75, 3.05) is 0 Å². The van der Waals surface area contributed by atoms with E-state index >= 15 is 0 Å². The van der Waals surface area contributed by atoms with Crippen molar-refractivity contribution in [3.8, 4) is 0 Å². The Balaban J connectivity index is 2.68. The number of carboxylic acids is 1. The molecule has 1 aromatic carbocycles. The van der Waals surface area contributed by atoms with E-state index in [1.807, 2.05) is 24.6 Å². The maximum atomic E-state index is 10.8. The van der Waals surface area contributed by atoms with E-state index in [1.165, 1.54) is 0 Å². The van der Waals surface area contributed by atoms with E-state index in [0.29, 0.717) is 0 Å². The summed E-state index contributed by atoms with van der Waals surface area (Å²) < 4.78 is 1.87. The van der Waals surface area contributed by atoms with Gasteiger partial charge in [0.2, 0.25) is 0 Å². The van der Waals surface area contributed by atoms with Gasteiger partial charge in [0.15, 0.2) is 0 Å². The standard InChI is InChI=1S/C11H12N2O2/c1-3-13-7(2)9-5-4-8(11(14)15)6-10(9)12-13/h4-6H,3H2,1-2H3,(H,14,15). The van der Waals surface area contributed by atoms with Gasteiger partial charge in [-0.3, -0.25) is 4.68 Å². The number of carbonyl (C=O) groups is 1. The van der Waals surface area contributed by atoms with Crippen LogP contribution < -0.4 is 0 Å². The average molecular weight is 204 g/mol. The van der Waals surface area contributed by atoms with Gasteiger partial charge in [0, 0.05) is 17.6 Å². The zero-order chi connectivity index (χ0) is 11.0. The third-order valence-corrected chi connectivity index (χ3v) is 2.55. The second-order valence-electron chi connectivity index (χ2n) is 3.44. The van der Waals surface area contributed by atoms with Gasteiger partial charge in [-0.25, -0.2) is 4.79 Å². The monoisotopic (exact) mass is 204 g/mol. The topological polar surface area (TPSA) is 55.1 Å². The van der Waals surface area contributed by atoms with Crippen LogP contribution >= 0.6 is 0 Å². The van der Waals surface area contributed by atoms with Crippen LogP contribution in [0.3, 0.4) is 0 Å². The predicted molar refractivity (Wildman–Crippen MR) is 57.1 cm³/mol. The Bertz CT molecular complexity index is 529. The number of aromatic carboxylic acids is 1. The summed E-state index contributed by atoms with van der Waals surface area (Å²) in [6.07, 6.45) is 0. The summed E-state index contributed by atoms with van der Waals surface area (Å²) >= 11 is 0. The molecule has 2 rings (SSSR count). The lowest BCUT2D eigenvalue weighted by atomic mass is 10.1. The Labute approximate surface area is 87.1 Å². The van der Waals surface area contributed by atoms with Crippen molar-refractivity contribution < 1.29 is 9.90 Å². The highest BCUT2D eigenvalue weighted by molar-refractivity contribution is 5.93. The summed E-state index contributed by atoms with van der Waals surface area (Å²) in [6, 6.07) is 5.03. The minimum atomic E-state index is -0.916. The highest BCUT2D eigenvalue weighted by Gasteiger charge is 2.09. The Kier molecular flexibility index (Phi) is 2.19. The molecular formula is C11H12N2O2. The average Bonchev–Trinajstić information content (AvgIpc) is 2.55. The second kappa shape index (κ2) is 3.38. The summed E-state index contributed by atoms with van der Waals surface area (Å²) in [5.74, 6) is -0.916. The first-order valence-electron chi connectivity index (χ1n) is 4.84. The number of nitrogens with zero attached hydrogens (tertiary/aromatic N) is 2. The molecule has 2 aromatic rings. The van der Waals surface area contributed by atoms with Gasteiger partial charge in [0.1, 0.15) is 0 Å². The molecule has 0 aliphatic carbocycles. The van der Waals surface area contributed by atoms with Gasteiger partial charge in [-0.1, -0.05) is 6.07 Å². The number of hydrogen-bond acceptors (Lipinski definition) is 2. The van der Waals surface area contributed by atoms with Crippen LogP contribution in [0.2, 0.25) is 0 Å². The van der Waals surface area contributed by atoms with E-state index in [0.717, 1.165) is 23.1 Å². The summed E-state index contributed by atoms with van der Waals surface area (Å²) in [6.45, 7) is 4.79. The molecule has 0 saturated carbocycles. The van der Waals surface area contributed by atoms with E-state index in [4.69, 9.17) is 5.11 Å².